The fourth-order valence-electron chi connectivity index (χ4n) is 8.42. The fourth-order valence-corrected chi connectivity index (χ4v) is 8.42. The quantitative estimate of drug-likeness (QED) is 0.140. The summed E-state index contributed by atoms with van der Waals surface area (Å²) >= 11 is 0. The average molecular weight is 730 g/mol. The van der Waals surface area contributed by atoms with Crippen LogP contribution in [0.5, 0.6) is 0 Å². The van der Waals surface area contributed by atoms with Crippen molar-refractivity contribution < 1.29 is 19.1 Å². The maximum absolute atomic E-state index is 13.9. The molecule has 11 heteroatoms. The average Bonchev–Trinajstić information content (AvgIpc) is 3.66. The molecule has 54 heavy (non-hydrogen) atoms. The first-order valence-corrected chi connectivity index (χ1v) is 19.5. The molecular formula is C43H51N7O4. The lowest BCUT2D eigenvalue weighted by molar-refractivity contribution is -0.137. The van der Waals surface area contributed by atoms with Crippen LogP contribution in [0.4, 0.5) is 4.79 Å². The molecule has 0 bridgehead atoms. The zero-order chi connectivity index (χ0) is 37.9. The number of carbonyl (C=O) groups is 3. The number of amides is 3. The van der Waals surface area contributed by atoms with E-state index in [1.807, 2.05) is 42.8 Å². The number of benzene rings is 3. The Hall–Kier alpha value is -5.19. The highest BCUT2D eigenvalue weighted by molar-refractivity contribution is 5.92. The third-order valence-corrected chi connectivity index (χ3v) is 12.3. The molecule has 11 nitrogen and oxygen atoms in total. The lowest BCUT2D eigenvalue weighted by atomic mass is 9.96. The number of aromatic nitrogens is 4. The lowest BCUT2D eigenvalue weighted by Gasteiger charge is -2.30. The zero-order valence-corrected chi connectivity index (χ0v) is 32.1. The molecule has 3 aromatic carbocycles. The molecule has 3 N–H and O–H groups in total. The molecule has 2 aromatic heterocycles. The number of H-pyrrole nitrogens is 2. The highest BCUT2D eigenvalue weighted by Crippen LogP contribution is 2.58. The fraction of sp³-hybridized carbons (Fsp3) is 0.465. The van der Waals surface area contributed by atoms with Crippen molar-refractivity contribution in [1.82, 2.24) is 35.1 Å². The number of ether oxygens (including phenoxy) is 1. The van der Waals surface area contributed by atoms with Crippen LogP contribution in [-0.4, -0.2) is 73.9 Å². The van der Waals surface area contributed by atoms with Gasteiger partial charge in [-0.15, -0.1) is 0 Å². The summed E-state index contributed by atoms with van der Waals surface area (Å²) in [6.45, 7) is 11.5. The molecule has 3 fully saturated rings. The monoisotopic (exact) mass is 729 g/mol. The minimum absolute atomic E-state index is 0.0128. The molecule has 3 aliphatic rings. The van der Waals surface area contributed by atoms with Gasteiger partial charge in [0.05, 0.1) is 42.1 Å². The van der Waals surface area contributed by atoms with E-state index in [2.05, 4.69) is 77.7 Å². The summed E-state index contributed by atoms with van der Waals surface area (Å²) in [6.07, 6.45) is 6.25. The standard InChI is InChI=1S/C43H51N7O4/c1-24(2)26(5)40(51)49-17-7-8-35(49)38-44-22-34(47-38)31-12-11-27-18-28(9-10-29(27)19-31)30-13-14-32-33(20-30)46-39(45-32)36-21-43(15-16-43)23-50(36)41(52)37(25(3)4)48-42(53)54-6/h9-14,18-20,22,24-26,35-37H,7-8,15-17,21,23H2,1-6H3,(H,44,47)(H,45,46)(H,48,53)/t26-,35-,36-,37-/m0/s1. The number of nitrogens with one attached hydrogen (secondary N) is 3. The molecule has 4 atom stereocenters. The summed E-state index contributed by atoms with van der Waals surface area (Å²) in [5.74, 6) is 1.95. The highest BCUT2D eigenvalue weighted by atomic mass is 16.5. The van der Waals surface area contributed by atoms with Crippen LogP contribution in [0.15, 0.2) is 60.8 Å². The smallest absolute Gasteiger partial charge is 0.407 e. The van der Waals surface area contributed by atoms with Gasteiger partial charge in [-0.3, -0.25) is 9.59 Å². The first-order valence-electron chi connectivity index (χ1n) is 19.5. The van der Waals surface area contributed by atoms with Gasteiger partial charge < -0.3 is 29.8 Å². The number of likely N-dealkylation sites (tertiary alicyclic amines) is 2. The Morgan fingerprint density at radius 1 is 0.833 bits per heavy atom. The molecule has 2 aliphatic heterocycles. The van der Waals surface area contributed by atoms with Crippen molar-refractivity contribution in [3.05, 3.63) is 72.4 Å². The third-order valence-electron chi connectivity index (χ3n) is 12.3. The van der Waals surface area contributed by atoms with Gasteiger partial charge in [-0.25, -0.2) is 14.8 Å². The van der Waals surface area contributed by atoms with Gasteiger partial charge in [-0.05, 0) is 95.5 Å². The molecule has 2 saturated heterocycles. The number of methoxy groups -OCH3 is 1. The molecule has 1 aliphatic carbocycles. The van der Waals surface area contributed by atoms with E-state index in [0.717, 1.165) is 94.5 Å². The van der Waals surface area contributed by atoms with Gasteiger partial charge >= 0.3 is 6.09 Å². The van der Waals surface area contributed by atoms with Crippen LogP contribution in [0.3, 0.4) is 0 Å². The topological polar surface area (TPSA) is 136 Å². The van der Waals surface area contributed by atoms with Crippen molar-refractivity contribution in [3.63, 3.8) is 0 Å². The zero-order valence-electron chi connectivity index (χ0n) is 32.1. The molecule has 282 valence electrons. The van der Waals surface area contributed by atoms with Crippen molar-refractivity contribution >= 4 is 39.7 Å². The Labute approximate surface area is 316 Å². The third kappa shape index (κ3) is 6.62. The number of aromatic amines is 2. The van der Waals surface area contributed by atoms with Crippen LogP contribution in [0.1, 0.15) is 90.5 Å². The molecule has 3 amide bonds. The summed E-state index contributed by atoms with van der Waals surface area (Å²) in [6, 6.07) is 18.4. The Bertz CT molecular complexity index is 2230. The van der Waals surface area contributed by atoms with Crippen molar-refractivity contribution in [1.29, 1.82) is 0 Å². The van der Waals surface area contributed by atoms with E-state index in [1.54, 1.807) is 0 Å². The second-order valence-corrected chi connectivity index (χ2v) is 16.6. The normalized spacial score (nSPS) is 20.4. The van der Waals surface area contributed by atoms with Crippen molar-refractivity contribution in [3.8, 4) is 22.4 Å². The second kappa shape index (κ2) is 13.9. The Balaban J connectivity index is 1.01. The van der Waals surface area contributed by atoms with Crippen LogP contribution in [0.2, 0.25) is 0 Å². The van der Waals surface area contributed by atoms with Crippen molar-refractivity contribution in [2.75, 3.05) is 20.2 Å². The minimum Gasteiger partial charge on any atom is -0.453 e. The van der Waals surface area contributed by atoms with Gasteiger partial charge in [-0.2, -0.15) is 0 Å². The lowest BCUT2D eigenvalue weighted by Crippen LogP contribution is -2.51. The Morgan fingerprint density at radius 2 is 1.54 bits per heavy atom. The van der Waals surface area contributed by atoms with E-state index < -0.39 is 12.1 Å². The number of fused-ring (bicyclic) bond motifs is 2. The van der Waals surface area contributed by atoms with Crippen LogP contribution in [-0.2, 0) is 14.3 Å². The Morgan fingerprint density at radius 3 is 2.24 bits per heavy atom. The number of alkyl carbamates (subject to hydrolysis) is 1. The summed E-state index contributed by atoms with van der Waals surface area (Å²) in [5.41, 5.74) is 6.08. The number of hydrogen-bond donors (Lipinski definition) is 3. The van der Waals surface area contributed by atoms with Crippen LogP contribution in [0.25, 0.3) is 44.2 Å². The Kier molecular flexibility index (Phi) is 9.22. The molecular weight excluding hydrogens is 679 g/mol. The molecule has 8 rings (SSSR count). The van der Waals surface area contributed by atoms with Crippen molar-refractivity contribution in [2.45, 2.75) is 84.8 Å². The number of hydrogen-bond acceptors (Lipinski definition) is 6. The first-order chi connectivity index (χ1) is 25.9. The summed E-state index contributed by atoms with van der Waals surface area (Å²) in [5, 5.41) is 5.02. The predicted molar refractivity (Wildman–Crippen MR) is 209 cm³/mol. The molecule has 5 aromatic rings. The van der Waals surface area contributed by atoms with Gasteiger partial charge in [0.2, 0.25) is 11.8 Å². The van der Waals surface area contributed by atoms with Crippen molar-refractivity contribution in [2.24, 2.45) is 23.2 Å². The predicted octanol–water partition coefficient (Wildman–Crippen LogP) is 8.16. The maximum Gasteiger partial charge on any atom is 0.407 e. The van der Waals surface area contributed by atoms with E-state index in [4.69, 9.17) is 14.7 Å². The summed E-state index contributed by atoms with van der Waals surface area (Å²) in [4.78, 5) is 60.1. The number of rotatable bonds is 9. The summed E-state index contributed by atoms with van der Waals surface area (Å²) in [7, 11) is 1.31. The number of nitrogens with zero attached hydrogens (tertiary/aromatic N) is 4. The number of carbonyl (C=O) groups excluding carboxylic acids is 3. The first kappa shape index (κ1) is 35.8. The molecule has 0 unspecified atom stereocenters. The SMILES string of the molecule is COC(=O)N[C@H](C(=O)N1CC2(CC2)C[C@H]1c1nc2ccc(-c3ccc4cc(-c5cnc([C@@H]6CCCN6C(=O)[C@@H](C)C(C)C)[nH]5)ccc4c3)cc2[nH]1)C(C)C. The largest absolute Gasteiger partial charge is 0.453 e. The van der Waals surface area contributed by atoms with Gasteiger partial charge in [0, 0.05) is 24.6 Å². The summed E-state index contributed by atoms with van der Waals surface area (Å²) < 4.78 is 4.83. The van der Waals surface area contributed by atoms with Crippen LogP contribution in [0, 0.1) is 23.2 Å². The van der Waals surface area contributed by atoms with E-state index in [-0.39, 0.29) is 41.1 Å². The van der Waals surface area contributed by atoms with Gasteiger partial charge in [0.1, 0.15) is 17.7 Å². The van der Waals surface area contributed by atoms with Crippen LogP contribution >= 0.6 is 0 Å². The maximum atomic E-state index is 13.9. The minimum atomic E-state index is -0.677. The van der Waals surface area contributed by atoms with Gasteiger partial charge in [-0.1, -0.05) is 65.0 Å². The molecule has 4 heterocycles. The van der Waals surface area contributed by atoms with Gasteiger partial charge in [0.15, 0.2) is 0 Å². The highest BCUT2D eigenvalue weighted by Gasteiger charge is 2.55. The van der Waals surface area contributed by atoms with E-state index in [0.29, 0.717) is 12.5 Å². The molecule has 1 saturated carbocycles. The van der Waals surface area contributed by atoms with E-state index >= 15 is 0 Å². The van der Waals surface area contributed by atoms with E-state index in [1.165, 1.54) is 7.11 Å². The second-order valence-electron chi connectivity index (χ2n) is 16.6. The number of imidazole rings is 2. The van der Waals surface area contributed by atoms with Crippen LogP contribution < -0.4 is 5.32 Å². The van der Waals surface area contributed by atoms with E-state index in [9.17, 15) is 14.4 Å². The van der Waals surface area contributed by atoms with Gasteiger partial charge in [0.25, 0.3) is 0 Å². The molecule has 1 spiro atoms. The molecule has 0 radical (unpaired) electrons.